The van der Waals surface area contributed by atoms with Gasteiger partial charge in [-0.2, -0.15) is 0 Å². The third kappa shape index (κ3) is 3.20. The molecule has 28 heavy (non-hydrogen) atoms. The van der Waals surface area contributed by atoms with Gasteiger partial charge in [-0.05, 0) is 29.7 Å². The fourth-order valence-corrected chi connectivity index (χ4v) is 4.74. The smallest absolute Gasteiger partial charge is 0.327 e. The maximum Gasteiger partial charge on any atom is 0.327 e. The van der Waals surface area contributed by atoms with E-state index in [4.69, 9.17) is 9.15 Å². The van der Waals surface area contributed by atoms with Crippen LogP contribution in [0.25, 0.3) is 10.8 Å². The monoisotopic (exact) mass is 400 g/mol. The van der Waals surface area contributed by atoms with Gasteiger partial charge in [0.15, 0.2) is 6.61 Å². The molecule has 3 aromatic rings. The molecule has 0 aliphatic carbocycles. The molecule has 1 aliphatic heterocycles. The van der Waals surface area contributed by atoms with Crippen LogP contribution in [0.2, 0.25) is 0 Å². The van der Waals surface area contributed by atoms with E-state index in [1.807, 2.05) is 12.1 Å². The Balaban J connectivity index is 1.41. The molecule has 0 fully saturated rings. The van der Waals surface area contributed by atoms with Crippen LogP contribution in [0.5, 0.6) is 0 Å². The average molecular weight is 400 g/mol. The molecule has 2 heterocycles. The van der Waals surface area contributed by atoms with Crippen molar-refractivity contribution < 1.29 is 27.2 Å². The third-order valence-corrected chi connectivity index (χ3v) is 6.16. The summed E-state index contributed by atoms with van der Waals surface area (Å²) in [7, 11) is -3.85. The lowest BCUT2D eigenvalue weighted by Gasteiger charge is -2.17. The van der Waals surface area contributed by atoms with Crippen LogP contribution in [0.4, 0.5) is 5.69 Å². The molecule has 1 N–H and O–H groups in total. The molecule has 0 unspecified atom stereocenters. The second kappa shape index (κ2) is 7.01. The van der Waals surface area contributed by atoms with E-state index in [0.29, 0.717) is 16.8 Å². The third-order valence-electron chi connectivity index (χ3n) is 4.36. The Bertz CT molecular complexity index is 1150. The van der Waals surface area contributed by atoms with Gasteiger partial charge in [0.25, 0.3) is 15.9 Å². The number of rotatable bonds is 6. The number of hydrogen-bond acceptors (Lipinski definition) is 6. The molecule has 0 radical (unpaired) electrons. The lowest BCUT2D eigenvalue weighted by Crippen LogP contribution is -2.35. The zero-order chi connectivity index (χ0) is 19.7. The largest absolute Gasteiger partial charge is 0.467 e. The fourth-order valence-electron chi connectivity index (χ4n) is 3.09. The first-order valence-corrected chi connectivity index (χ1v) is 9.90. The van der Waals surface area contributed by atoms with Crippen molar-refractivity contribution in [3.05, 3.63) is 60.6 Å². The van der Waals surface area contributed by atoms with Gasteiger partial charge in [0, 0.05) is 5.39 Å². The van der Waals surface area contributed by atoms with Crippen molar-refractivity contribution in [1.29, 1.82) is 0 Å². The molecular weight excluding hydrogens is 384 g/mol. The molecule has 8 nitrogen and oxygen atoms in total. The number of benzene rings is 2. The number of hydrogen-bond donors (Lipinski definition) is 1. The van der Waals surface area contributed by atoms with Crippen LogP contribution in [0.3, 0.4) is 0 Å². The molecular formula is C19H16N2O6S. The molecule has 4 rings (SSSR count). The Hall–Kier alpha value is -3.33. The van der Waals surface area contributed by atoms with Crippen LogP contribution in [-0.2, 0) is 30.9 Å². The Labute approximate surface area is 160 Å². The van der Waals surface area contributed by atoms with Crippen molar-refractivity contribution >= 4 is 38.4 Å². The summed E-state index contributed by atoms with van der Waals surface area (Å²) in [6.45, 7) is -0.854. The number of carbonyl (C=O) groups is 2. The maximum absolute atomic E-state index is 12.8. The molecule has 0 atom stereocenters. The van der Waals surface area contributed by atoms with Crippen LogP contribution in [0.15, 0.2) is 64.1 Å². The quantitative estimate of drug-likeness (QED) is 0.633. The molecule has 1 amide bonds. The zero-order valence-electron chi connectivity index (χ0n) is 14.6. The number of nitrogens with one attached hydrogen (secondary N) is 1. The van der Waals surface area contributed by atoms with E-state index in [1.54, 1.807) is 30.3 Å². The summed E-state index contributed by atoms with van der Waals surface area (Å²) in [4.78, 5) is 24.1. The van der Waals surface area contributed by atoms with Crippen molar-refractivity contribution in [2.24, 2.45) is 0 Å². The first-order chi connectivity index (χ1) is 13.5. The number of furan rings is 1. The average Bonchev–Trinajstić information content (AvgIpc) is 3.27. The molecule has 0 spiro atoms. The molecule has 1 aromatic heterocycles. The van der Waals surface area contributed by atoms with E-state index in [0.717, 1.165) is 9.69 Å². The van der Waals surface area contributed by atoms with Crippen molar-refractivity contribution in [3.63, 3.8) is 0 Å². The summed E-state index contributed by atoms with van der Waals surface area (Å²) in [5.74, 6) is -0.769. The molecule has 9 heteroatoms. The summed E-state index contributed by atoms with van der Waals surface area (Å²) < 4.78 is 36.6. The van der Waals surface area contributed by atoms with E-state index >= 15 is 0 Å². The minimum Gasteiger partial charge on any atom is -0.467 e. The number of anilines is 1. The van der Waals surface area contributed by atoms with Crippen molar-refractivity contribution in [3.8, 4) is 0 Å². The van der Waals surface area contributed by atoms with Gasteiger partial charge in [-0.15, -0.1) is 0 Å². The summed E-state index contributed by atoms with van der Waals surface area (Å²) in [6.07, 6.45) is 1.48. The van der Waals surface area contributed by atoms with Gasteiger partial charge in [-0.1, -0.05) is 24.3 Å². The molecule has 0 saturated carbocycles. The van der Waals surface area contributed by atoms with Gasteiger partial charge in [0.2, 0.25) is 0 Å². The van der Waals surface area contributed by atoms with Crippen molar-refractivity contribution in [2.75, 3.05) is 17.5 Å². The molecule has 144 valence electrons. The summed E-state index contributed by atoms with van der Waals surface area (Å²) in [6, 6.07) is 13.5. The van der Waals surface area contributed by atoms with Crippen LogP contribution in [0, 0.1) is 0 Å². The molecule has 0 bridgehead atoms. The first-order valence-electron chi connectivity index (χ1n) is 8.46. The number of esters is 1. The zero-order valence-corrected chi connectivity index (χ0v) is 15.4. The number of carbonyl (C=O) groups excluding carboxylic acids is 2. The lowest BCUT2D eigenvalue weighted by molar-refractivity contribution is -0.147. The fraction of sp³-hybridized carbons (Fsp3) is 0.158. The van der Waals surface area contributed by atoms with Crippen LogP contribution in [0.1, 0.15) is 5.76 Å². The van der Waals surface area contributed by atoms with Gasteiger partial charge in [0.1, 0.15) is 12.3 Å². The minimum absolute atomic E-state index is 0.157. The van der Waals surface area contributed by atoms with Gasteiger partial charge in [-0.25, -0.2) is 8.42 Å². The predicted octanol–water partition coefficient (Wildman–Crippen LogP) is 1.80. The van der Waals surface area contributed by atoms with E-state index in [-0.39, 0.29) is 11.4 Å². The predicted molar refractivity (Wildman–Crippen MR) is 100.0 cm³/mol. The second-order valence-electron chi connectivity index (χ2n) is 6.16. The number of ether oxygens (including phenoxy) is 1. The van der Waals surface area contributed by atoms with Crippen molar-refractivity contribution in [2.45, 2.75) is 11.4 Å². The molecule has 1 aliphatic rings. The SMILES string of the molecule is O=C(COC(=O)CN1c2cccc3cccc(c23)S1(=O)=O)NCc1ccco1. The summed E-state index contributed by atoms with van der Waals surface area (Å²) >= 11 is 0. The van der Waals surface area contributed by atoms with Gasteiger partial charge in [0.05, 0.1) is 23.4 Å². The molecule has 2 aromatic carbocycles. The topological polar surface area (TPSA) is 106 Å². The summed E-state index contributed by atoms with van der Waals surface area (Å²) in [5, 5.41) is 3.89. The molecule has 0 saturated heterocycles. The van der Waals surface area contributed by atoms with Gasteiger partial charge < -0.3 is 14.5 Å². The highest BCUT2D eigenvalue weighted by atomic mass is 32.2. The van der Waals surface area contributed by atoms with Crippen LogP contribution >= 0.6 is 0 Å². The number of sulfonamides is 1. The highest BCUT2D eigenvalue weighted by molar-refractivity contribution is 7.93. The van der Waals surface area contributed by atoms with Gasteiger partial charge >= 0.3 is 5.97 Å². The van der Waals surface area contributed by atoms with E-state index in [9.17, 15) is 18.0 Å². The standard InChI is InChI=1S/C19H16N2O6S/c22-17(20-10-14-6-3-9-26-14)12-27-18(23)11-21-15-7-1-4-13-5-2-8-16(19(13)15)28(21,24)25/h1-9H,10-12H2,(H,20,22). The highest BCUT2D eigenvalue weighted by Crippen LogP contribution is 2.41. The minimum atomic E-state index is -3.85. The summed E-state index contributed by atoms with van der Waals surface area (Å²) in [5.41, 5.74) is 0.423. The number of nitrogens with zero attached hydrogens (tertiary/aromatic N) is 1. The highest BCUT2D eigenvalue weighted by Gasteiger charge is 2.37. The lowest BCUT2D eigenvalue weighted by atomic mass is 10.1. The normalized spacial score (nSPS) is 14.2. The second-order valence-corrected chi connectivity index (χ2v) is 7.99. The van der Waals surface area contributed by atoms with E-state index in [1.165, 1.54) is 12.3 Å². The maximum atomic E-state index is 12.8. The first kappa shape index (κ1) is 18.1. The Morgan fingerprint density at radius 1 is 1.07 bits per heavy atom. The van der Waals surface area contributed by atoms with Crippen LogP contribution in [-0.4, -0.2) is 33.4 Å². The Morgan fingerprint density at radius 3 is 2.61 bits per heavy atom. The van der Waals surface area contributed by atoms with Gasteiger partial charge in [-0.3, -0.25) is 13.9 Å². The Morgan fingerprint density at radius 2 is 1.86 bits per heavy atom. The van der Waals surface area contributed by atoms with Crippen LogP contribution < -0.4 is 9.62 Å². The Kier molecular flexibility index (Phi) is 4.52. The number of amides is 1. The van der Waals surface area contributed by atoms with E-state index in [2.05, 4.69) is 5.32 Å². The van der Waals surface area contributed by atoms with Crippen molar-refractivity contribution in [1.82, 2.24) is 5.32 Å². The van der Waals surface area contributed by atoms with E-state index < -0.39 is 35.1 Å².